The van der Waals surface area contributed by atoms with Crippen LogP contribution in [0, 0.1) is 11.7 Å². The summed E-state index contributed by atoms with van der Waals surface area (Å²) in [6, 6.07) is 6.66. The molecular weight excluding hydrogens is 205 g/mol. The van der Waals surface area contributed by atoms with Crippen LogP contribution in [-0.2, 0) is 11.3 Å². The van der Waals surface area contributed by atoms with E-state index < -0.39 is 0 Å². The lowest BCUT2D eigenvalue weighted by Gasteiger charge is -2.05. The van der Waals surface area contributed by atoms with Gasteiger partial charge in [-0.15, -0.1) is 0 Å². The van der Waals surface area contributed by atoms with E-state index in [1.54, 1.807) is 12.1 Å². The molecule has 0 heterocycles. The number of hydrogen-bond acceptors (Lipinski definition) is 2. The maximum absolute atomic E-state index is 12.8. The Morgan fingerprint density at radius 1 is 1.38 bits per heavy atom. The Morgan fingerprint density at radius 3 is 3.00 bits per heavy atom. The first-order valence-corrected chi connectivity index (χ1v) is 5.87. The van der Waals surface area contributed by atoms with Gasteiger partial charge in [0.25, 0.3) is 0 Å². The van der Waals surface area contributed by atoms with Crippen molar-refractivity contribution in [2.75, 3.05) is 19.8 Å². The number of halogens is 1. The van der Waals surface area contributed by atoms with E-state index in [0.29, 0.717) is 6.54 Å². The topological polar surface area (TPSA) is 21.3 Å². The molecule has 0 aliphatic heterocycles. The summed E-state index contributed by atoms with van der Waals surface area (Å²) in [6.07, 6.45) is 2.66. The van der Waals surface area contributed by atoms with E-state index in [1.807, 2.05) is 6.07 Å². The molecule has 1 aromatic carbocycles. The van der Waals surface area contributed by atoms with E-state index >= 15 is 0 Å². The van der Waals surface area contributed by atoms with Crippen molar-refractivity contribution >= 4 is 0 Å². The summed E-state index contributed by atoms with van der Waals surface area (Å²) in [7, 11) is 0. The second-order valence-corrected chi connectivity index (χ2v) is 4.32. The molecule has 0 spiro atoms. The van der Waals surface area contributed by atoms with Crippen LogP contribution in [0.25, 0.3) is 0 Å². The van der Waals surface area contributed by atoms with Crippen molar-refractivity contribution < 1.29 is 9.13 Å². The third-order valence-corrected chi connectivity index (χ3v) is 2.69. The predicted molar refractivity (Wildman–Crippen MR) is 61.6 cm³/mol. The largest absolute Gasteiger partial charge is 0.380 e. The Kier molecular flexibility index (Phi) is 4.31. The summed E-state index contributed by atoms with van der Waals surface area (Å²) in [5.41, 5.74) is 0.974. The van der Waals surface area contributed by atoms with Gasteiger partial charge in [-0.2, -0.15) is 0 Å². The Morgan fingerprint density at radius 2 is 2.25 bits per heavy atom. The van der Waals surface area contributed by atoms with Crippen molar-refractivity contribution in [3.05, 3.63) is 35.6 Å². The third-order valence-electron chi connectivity index (χ3n) is 2.69. The summed E-state index contributed by atoms with van der Waals surface area (Å²) >= 11 is 0. The van der Waals surface area contributed by atoms with Crippen LogP contribution >= 0.6 is 0 Å². The van der Waals surface area contributed by atoms with Crippen molar-refractivity contribution in [1.82, 2.24) is 5.32 Å². The molecule has 1 fully saturated rings. The Labute approximate surface area is 95.8 Å². The number of benzene rings is 1. The number of ether oxygens (including phenoxy) is 1. The lowest BCUT2D eigenvalue weighted by molar-refractivity contribution is 0.126. The SMILES string of the molecule is Fc1cccc(CNCCOCC2CC2)c1. The highest BCUT2D eigenvalue weighted by molar-refractivity contribution is 5.15. The summed E-state index contributed by atoms with van der Waals surface area (Å²) in [4.78, 5) is 0. The first kappa shape index (κ1) is 11.6. The van der Waals surface area contributed by atoms with Gasteiger partial charge in [0.05, 0.1) is 6.61 Å². The summed E-state index contributed by atoms with van der Waals surface area (Å²) in [5.74, 6) is 0.646. The maximum Gasteiger partial charge on any atom is 0.123 e. The molecule has 2 nitrogen and oxygen atoms in total. The molecule has 0 bridgehead atoms. The Bertz CT molecular complexity index is 325. The maximum atomic E-state index is 12.8. The van der Waals surface area contributed by atoms with E-state index in [-0.39, 0.29) is 5.82 Å². The van der Waals surface area contributed by atoms with Crippen LogP contribution in [0.4, 0.5) is 4.39 Å². The highest BCUT2D eigenvalue weighted by atomic mass is 19.1. The van der Waals surface area contributed by atoms with Gasteiger partial charge in [-0.3, -0.25) is 0 Å². The zero-order valence-electron chi connectivity index (χ0n) is 9.42. The highest BCUT2D eigenvalue weighted by Gasteiger charge is 2.20. The second kappa shape index (κ2) is 5.97. The van der Waals surface area contributed by atoms with Gasteiger partial charge in [0.2, 0.25) is 0 Å². The molecule has 1 aromatic rings. The molecule has 0 amide bonds. The van der Waals surface area contributed by atoms with Crippen LogP contribution in [-0.4, -0.2) is 19.8 Å². The van der Waals surface area contributed by atoms with Gasteiger partial charge in [-0.1, -0.05) is 12.1 Å². The molecule has 0 saturated heterocycles. The molecule has 0 unspecified atom stereocenters. The smallest absolute Gasteiger partial charge is 0.123 e. The van der Waals surface area contributed by atoms with Gasteiger partial charge in [0.15, 0.2) is 0 Å². The molecule has 0 aromatic heterocycles. The van der Waals surface area contributed by atoms with E-state index in [0.717, 1.165) is 31.2 Å². The normalized spacial score (nSPS) is 15.3. The van der Waals surface area contributed by atoms with Gasteiger partial charge in [-0.25, -0.2) is 4.39 Å². The Balaban J connectivity index is 1.53. The minimum absolute atomic E-state index is 0.177. The Hall–Kier alpha value is -0.930. The molecule has 16 heavy (non-hydrogen) atoms. The molecule has 0 radical (unpaired) electrons. The predicted octanol–water partition coefficient (Wildman–Crippen LogP) is 2.34. The number of hydrogen-bond donors (Lipinski definition) is 1. The van der Waals surface area contributed by atoms with Crippen molar-refractivity contribution in [1.29, 1.82) is 0 Å². The van der Waals surface area contributed by atoms with Gasteiger partial charge in [0, 0.05) is 19.7 Å². The van der Waals surface area contributed by atoms with Crippen LogP contribution in [0.1, 0.15) is 18.4 Å². The molecule has 1 N–H and O–H groups in total. The number of rotatable bonds is 7. The van der Waals surface area contributed by atoms with E-state index in [1.165, 1.54) is 18.9 Å². The first-order chi connectivity index (χ1) is 7.84. The zero-order valence-corrected chi connectivity index (χ0v) is 9.42. The van der Waals surface area contributed by atoms with Crippen molar-refractivity contribution in [2.24, 2.45) is 5.92 Å². The minimum Gasteiger partial charge on any atom is -0.380 e. The van der Waals surface area contributed by atoms with Crippen molar-refractivity contribution in [3.8, 4) is 0 Å². The van der Waals surface area contributed by atoms with Crippen LogP contribution < -0.4 is 5.32 Å². The molecule has 88 valence electrons. The lowest BCUT2D eigenvalue weighted by Crippen LogP contribution is -2.19. The van der Waals surface area contributed by atoms with Crippen LogP contribution in [0.15, 0.2) is 24.3 Å². The van der Waals surface area contributed by atoms with Crippen LogP contribution in [0.5, 0.6) is 0 Å². The van der Waals surface area contributed by atoms with E-state index in [2.05, 4.69) is 5.32 Å². The summed E-state index contributed by atoms with van der Waals surface area (Å²) in [5, 5.41) is 3.23. The first-order valence-electron chi connectivity index (χ1n) is 5.87. The van der Waals surface area contributed by atoms with E-state index in [9.17, 15) is 4.39 Å². The average molecular weight is 223 g/mol. The molecule has 0 atom stereocenters. The van der Waals surface area contributed by atoms with Gasteiger partial charge in [0.1, 0.15) is 5.82 Å². The van der Waals surface area contributed by atoms with Crippen LogP contribution in [0.3, 0.4) is 0 Å². The fourth-order valence-electron chi connectivity index (χ4n) is 1.56. The fourth-order valence-corrected chi connectivity index (χ4v) is 1.56. The molecule has 2 rings (SSSR count). The van der Waals surface area contributed by atoms with Crippen LogP contribution in [0.2, 0.25) is 0 Å². The molecule has 1 aliphatic rings. The van der Waals surface area contributed by atoms with Crippen molar-refractivity contribution in [3.63, 3.8) is 0 Å². The van der Waals surface area contributed by atoms with Gasteiger partial charge >= 0.3 is 0 Å². The second-order valence-electron chi connectivity index (χ2n) is 4.32. The molecule has 1 aliphatic carbocycles. The van der Waals surface area contributed by atoms with Gasteiger partial charge in [-0.05, 0) is 36.5 Å². The van der Waals surface area contributed by atoms with Crippen molar-refractivity contribution in [2.45, 2.75) is 19.4 Å². The third kappa shape index (κ3) is 4.29. The average Bonchev–Trinajstić information content (AvgIpc) is 3.07. The number of nitrogens with one attached hydrogen (secondary N) is 1. The molecule has 3 heteroatoms. The minimum atomic E-state index is -0.177. The summed E-state index contributed by atoms with van der Waals surface area (Å²) < 4.78 is 18.3. The standard InChI is InChI=1S/C13H18FNO/c14-13-3-1-2-12(8-13)9-15-6-7-16-10-11-4-5-11/h1-3,8,11,15H,4-7,9-10H2. The summed E-state index contributed by atoms with van der Waals surface area (Å²) in [6.45, 7) is 3.17. The van der Waals surface area contributed by atoms with E-state index in [4.69, 9.17) is 4.74 Å². The fraction of sp³-hybridized carbons (Fsp3) is 0.538. The molecular formula is C13H18FNO. The highest BCUT2D eigenvalue weighted by Crippen LogP contribution is 2.28. The quantitative estimate of drug-likeness (QED) is 0.716. The van der Waals surface area contributed by atoms with Gasteiger partial charge < -0.3 is 10.1 Å². The molecule has 1 saturated carbocycles. The zero-order chi connectivity index (χ0) is 11.2. The monoisotopic (exact) mass is 223 g/mol. The lowest BCUT2D eigenvalue weighted by atomic mass is 10.2.